The van der Waals surface area contributed by atoms with Gasteiger partial charge in [0.2, 0.25) is 15.9 Å². The summed E-state index contributed by atoms with van der Waals surface area (Å²) in [6, 6.07) is 5.84. The molecule has 25 heavy (non-hydrogen) atoms. The summed E-state index contributed by atoms with van der Waals surface area (Å²) < 4.78 is 27.0. The predicted octanol–water partition coefficient (Wildman–Crippen LogP) is 3.21. The highest BCUT2D eigenvalue weighted by molar-refractivity contribution is 7.89. The van der Waals surface area contributed by atoms with E-state index in [-0.39, 0.29) is 17.5 Å². The Bertz CT molecular complexity index is 870. The molecule has 1 heterocycles. The summed E-state index contributed by atoms with van der Waals surface area (Å²) in [6.07, 6.45) is 1.52. The third-order valence-corrected chi connectivity index (χ3v) is 7.10. The van der Waals surface area contributed by atoms with Crippen molar-refractivity contribution in [1.29, 1.82) is 0 Å². The second kappa shape index (κ2) is 7.03. The molecule has 134 valence electrons. The van der Waals surface area contributed by atoms with Crippen LogP contribution < -0.4 is 5.32 Å². The zero-order valence-corrected chi connectivity index (χ0v) is 16.2. The Balaban J connectivity index is 1.77. The molecule has 1 N–H and O–H groups in total. The fourth-order valence-corrected chi connectivity index (χ4v) is 4.94. The highest BCUT2D eigenvalue weighted by Gasteiger charge is 2.39. The number of amides is 1. The molecule has 0 saturated heterocycles. The van der Waals surface area contributed by atoms with E-state index in [1.807, 2.05) is 13.8 Å². The molecule has 9 heteroatoms. The van der Waals surface area contributed by atoms with Crippen LogP contribution in [-0.4, -0.2) is 36.2 Å². The summed E-state index contributed by atoms with van der Waals surface area (Å²) in [5.74, 6) is -0.391. The van der Waals surface area contributed by atoms with Crippen LogP contribution in [0.5, 0.6) is 0 Å². The lowest BCUT2D eigenvalue weighted by Crippen LogP contribution is -2.39. The molecule has 3 rings (SSSR count). The van der Waals surface area contributed by atoms with Crippen molar-refractivity contribution in [3.63, 3.8) is 0 Å². The molecule has 1 aliphatic rings. The summed E-state index contributed by atoms with van der Waals surface area (Å²) >= 11 is 7.20. The molecule has 0 aliphatic heterocycles. The van der Waals surface area contributed by atoms with E-state index in [4.69, 9.17) is 11.6 Å². The van der Waals surface area contributed by atoms with Crippen LogP contribution in [0, 0.1) is 13.8 Å². The first kappa shape index (κ1) is 18.3. The number of halogens is 1. The molecule has 0 atom stereocenters. The van der Waals surface area contributed by atoms with E-state index < -0.39 is 15.9 Å². The SMILES string of the molecule is Cc1nc(NC(=O)CN(C2CC2)S(=O)(=O)c2ccc(Cl)cc2)sc1C. The van der Waals surface area contributed by atoms with Crippen molar-refractivity contribution >= 4 is 44.0 Å². The van der Waals surface area contributed by atoms with Crippen LogP contribution in [0.3, 0.4) is 0 Å². The lowest BCUT2D eigenvalue weighted by atomic mass is 10.4. The highest BCUT2D eigenvalue weighted by Crippen LogP contribution is 2.32. The van der Waals surface area contributed by atoms with Crippen LogP contribution in [0.1, 0.15) is 23.4 Å². The zero-order chi connectivity index (χ0) is 18.2. The lowest BCUT2D eigenvalue weighted by molar-refractivity contribution is -0.116. The minimum atomic E-state index is -3.75. The van der Waals surface area contributed by atoms with E-state index in [9.17, 15) is 13.2 Å². The first-order valence-electron chi connectivity index (χ1n) is 7.78. The number of anilines is 1. The van der Waals surface area contributed by atoms with Crippen molar-refractivity contribution in [1.82, 2.24) is 9.29 Å². The van der Waals surface area contributed by atoms with Crippen molar-refractivity contribution < 1.29 is 13.2 Å². The van der Waals surface area contributed by atoms with Crippen molar-refractivity contribution in [3.05, 3.63) is 39.9 Å². The summed E-state index contributed by atoms with van der Waals surface area (Å²) in [5, 5.41) is 3.64. The number of hydrogen-bond donors (Lipinski definition) is 1. The number of carbonyl (C=O) groups is 1. The molecule has 0 unspecified atom stereocenters. The van der Waals surface area contributed by atoms with Crippen molar-refractivity contribution in [2.24, 2.45) is 0 Å². The molecule has 1 amide bonds. The number of aryl methyl sites for hydroxylation is 2. The van der Waals surface area contributed by atoms with E-state index in [1.54, 1.807) is 0 Å². The summed E-state index contributed by atoms with van der Waals surface area (Å²) in [6.45, 7) is 3.56. The van der Waals surface area contributed by atoms with Gasteiger partial charge in [-0.05, 0) is 51.0 Å². The van der Waals surface area contributed by atoms with E-state index in [0.29, 0.717) is 10.2 Å². The molecular weight excluding hydrogens is 382 g/mol. The first-order valence-corrected chi connectivity index (χ1v) is 10.4. The van der Waals surface area contributed by atoms with Gasteiger partial charge in [0.15, 0.2) is 5.13 Å². The Hall–Kier alpha value is -1.48. The number of thiazole rings is 1. The van der Waals surface area contributed by atoms with E-state index in [2.05, 4.69) is 10.3 Å². The molecule has 6 nitrogen and oxygen atoms in total. The molecule has 1 aliphatic carbocycles. The average Bonchev–Trinajstić information content (AvgIpc) is 3.32. The molecule has 1 aromatic carbocycles. The maximum atomic E-state index is 12.9. The van der Waals surface area contributed by atoms with Gasteiger partial charge in [-0.15, -0.1) is 11.3 Å². The Kier molecular flexibility index (Phi) is 5.15. The Morgan fingerprint density at radius 3 is 2.48 bits per heavy atom. The van der Waals surface area contributed by atoms with Gasteiger partial charge in [-0.2, -0.15) is 4.31 Å². The Morgan fingerprint density at radius 2 is 1.96 bits per heavy atom. The summed E-state index contributed by atoms with van der Waals surface area (Å²) in [5.41, 5.74) is 0.855. The van der Waals surface area contributed by atoms with Gasteiger partial charge in [0.25, 0.3) is 0 Å². The van der Waals surface area contributed by atoms with Crippen LogP contribution in [0.25, 0.3) is 0 Å². The van der Waals surface area contributed by atoms with Gasteiger partial charge in [0.05, 0.1) is 17.1 Å². The number of benzene rings is 1. The van der Waals surface area contributed by atoms with E-state index >= 15 is 0 Å². The molecule has 0 spiro atoms. The summed E-state index contributed by atoms with van der Waals surface area (Å²) in [4.78, 5) is 17.7. The van der Waals surface area contributed by atoms with Gasteiger partial charge >= 0.3 is 0 Å². The number of aromatic nitrogens is 1. The van der Waals surface area contributed by atoms with Crippen molar-refractivity contribution in [3.8, 4) is 0 Å². The third-order valence-electron chi connectivity index (χ3n) is 3.95. The second-order valence-electron chi connectivity index (χ2n) is 5.94. The zero-order valence-electron chi connectivity index (χ0n) is 13.8. The standard InChI is InChI=1S/C16H18ClN3O3S2/c1-10-11(2)24-16(18-10)19-15(21)9-20(13-5-6-13)25(22,23)14-7-3-12(17)4-8-14/h3-4,7-8,13H,5-6,9H2,1-2H3,(H,18,19,21). The molecular formula is C16H18ClN3O3S2. The molecule has 2 aromatic rings. The Labute approximate surface area is 155 Å². The fraction of sp³-hybridized carbons (Fsp3) is 0.375. The average molecular weight is 400 g/mol. The van der Waals surface area contributed by atoms with E-state index in [1.165, 1.54) is 39.9 Å². The van der Waals surface area contributed by atoms with Gasteiger partial charge in [0, 0.05) is 15.9 Å². The maximum Gasteiger partial charge on any atom is 0.243 e. The minimum absolute atomic E-state index is 0.133. The largest absolute Gasteiger partial charge is 0.301 e. The first-order chi connectivity index (χ1) is 11.8. The van der Waals surface area contributed by atoms with Gasteiger partial charge < -0.3 is 5.32 Å². The monoisotopic (exact) mass is 399 g/mol. The number of nitrogens with zero attached hydrogens (tertiary/aromatic N) is 2. The van der Waals surface area contributed by atoms with Crippen LogP contribution in [0.2, 0.25) is 5.02 Å². The Morgan fingerprint density at radius 1 is 1.32 bits per heavy atom. The smallest absolute Gasteiger partial charge is 0.243 e. The van der Waals surface area contributed by atoms with Crippen LogP contribution in [0.15, 0.2) is 29.2 Å². The molecule has 0 bridgehead atoms. The maximum absolute atomic E-state index is 12.9. The molecule has 0 radical (unpaired) electrons. The molecule has 1 aromatic heterocycles. The quantitative estimate of drug-likeness (QED) is 0.808. The van der Waals surface area contributed by atoms with Crippen LogP contribution in [0.4, 0.5) is 5.13 Å². The van der Waals surface area contributed by atoms with Gasteiger partial charge in [0.1, 0.15) is 0 Å². The number of carbonyl (C=O) groups excluding carboxylic acids is 1. The second-order valence-corrected chi connectivity index (χ2v) is 9.47. The normalized spacial score (nSPS) is 14.7. The number of rotatable bonds is 6. The van der Waals surface area contributed by atoms with E-state index in [0.717, 1.165) is 23.4 Å². The van der Waals surface area contributed by atoms with Crippen LogP contribution in [-0.2, 0) is 14.8 Å². The van der Waals surface area contributed by atoms with Crippen LogP contribution >= 0.6 is 22.9 Å². The van der Waals surface area contributed by atoms with Crippen molar-refractivity contribution in [2.75, 3.05) is 11.9 Å². The van der Waals surface area contributed by atoms with Gasteiger partial charge in [-0.25, -0.2) is 13.4 Å². The predicted molar refractivity (Wildman–Crippen MR) is 98.6 cm³/mol. The van der Waals surface area contributed by atoms with Gasteiger partial charge in [-0.3, -0.25) is 4.79 Å². The minimum Gasteiger partial charge on any atom is -0.301 e. The fourth-order valence-electron chi connectivity index (χ4n) is 2.34. The molecule has 1 fully saturated rings. The lowest BCUT2D eigenvalue weighted by Gasteiger charge is -2.21. The highest BCUT2D eigenvalue weighted by atomic mass is 35.5. The van der Waals surface area contributed by atoms with Gasteiger partial charge in [-0.1, -0.05) is 11.6 Å². The number of sulfonamides is 1. The summed E-state index contributed by atoms with van der Waals surface area (Å²) in [7, 11) is -3.75. The molecule has 1 saturated carbocycles. The number of hydrogen-bond acceptors (Lipinski definition) is 5. The topological polar surface area (TPSA) is 79.4 Å². The van der Waals surface area contributed by atoms with Crippen molar-refractivity contribution in [2.45, 2.75) is 37.6 Å². The third kappa shape index (κ3) is 4.20. The number of nitrogens with one attached hydrogen (secondary N) is 1.